The van der Waals surface area contributed by atoms with E-state index in [0.29, 0.717) is 23.6 Å². The van der Waals surface area contributed by atoms with Gasteiger partial charge in [0.2, 0.25) is 0 Å². The van der Waals surface area contributed by atoms with Crippen molar-refractivity contribution in [2.24, 2.45) is 0 Å². The lowest BCUT2D eigenvalue weighted by Gasteiger charge is -2.19. The van der Waals surface area contributed by atoms with E-state index in [9.17, 15) is 9.59 Å². The highest BCUT2D eigenvalue weighted by atomic mass is 16.6. The third-order valence-corrected chi connectivity index (χ3v) is 4.51. The molecule has 2 aromatic carbocycles. The topological polar surface area (TPSA) is 136 Å². The van der Waals surface area contributed by atoms with Crippen molar-refractivity contribution in [2.75, 3.05) is 39.5 Å². The first-order valence-corrected chi connectivity index (χ1v) is 13.6. The average Bonchev–Trinajstić information content (AvgIpc) is 2.90. The lowest BCUT2D eigenvalue weighted by atomic mass is 10.2. The molecule has 2 amide bonds. The summed E-state index contributed by atoms with van der Waals surface area (Å²) in [7, 11) is 0. The molecule has 0 unspecified atom stereocenters. The molecule has 2 rings (SSSR count). The van der Waals surface area contributed by atoms with Crippen LogP contribution in [0.15, 0.2) is 54.6 Å². The normalized spacial score (nSPS) is 10.9. The molecule has 0 saturated heterocycles. The minimum Gasteiger partial charge on any atom is -0.491 e. The zero-order chi connectivity index (χ0) is 31.4. The maximum atomic E-state index is 11.5. The van der Waals surface area contributed by atoms with Crippen molar-refractivity contribution in [2.45, 2.75) is 52.7 Å². The highest BCUT2D eigenvalue weighted by Crippen LogP contribution is 2.19. The fraction of sp³-hybridized carbons (Fsp3) is 0.438. The number of para-hydroxylation sites is 2. The van der Waals surface area contributed by atoms with Gasteiger partial charge in [-0.3, -0.25) is 0 Å². The van der Waals surface area contributed by atoms with Crippen LogP contribution in [0.2, 0.25) is 0 Å². The number of nitrogens with one attached hydrogen (secondary N) is 2. The second-order valence-electron chi connectivity index (χ2n) is 10.6. The second kappa shape index (κ2) is 19.0. The van der Waals surface area contributed by atoms with Crippen LogP contribution in [-0.4, -0.2) is 73.1 Å². The Hall–Kier alpha value is -4.20. The molecule has 0 aromatic heterocycles. The molecule has 10 nitrogen and oxygen atoms in total. The van der Waals surface area contributed by atoms with Crippen LogP contribution in [0.3, 0.4) is 0 Å². The Bertz CT molecular complexity index is 1190. The van der Waals surface area contributed by atoms with Gasteiger partial charge in [-0.05, 0) is 59.7 Å². The van der Waals surface area contributed by atoms with E-state index in [1.165, 1.54) is 0 Å². The minimum absolute atomic E-state index is 0.0295. The van der Waals surface area contributed by atoms with Gasteiger partial charge in [-0.2, -0.15) is 0 Å². The van der Waals surface area contributed by atoms with Crippen LogP contribution in [-0.2, 0) is 9.47 Å². The Morgan fingerprint density at radius 3 is 1.90 bits per heavy atom. The van der Waals surface area contributed by atoms with E-state index < -0.39 is 23.4 Å². The molecule has 0 aliphatic carbocycles. The molecular formula is C32H44N2O8. The van der Waals surface area contributed by atoms with Crippen LogP contribution in [0.5, 0.6) is 11.5 Å². The molecule has 0 spiro atoms. The van der Waals surface area contributed by atoms with E-state index in [1.54, 1.807) is 26.8 Å². The number of aliphatic hydroxyl groups excluding tert-OH is 2. The van der Waals surface area contributed by atoms with Crippen LogP contribution in [0, 0.1) is 11.8 Å². The van der Waals surface area contributed by atoms with Crippen LogP contribution in [0.1, 0.15) is 52.7 Å². The van der Waals surface area contributed by atoms with Crippen molar-refractivity contribution in [3.8, 4) is 23.3 Å². The number of alkyl carbamates (subject to hydrolysis) is 2. The van der Waals surface area contributed by atoms with Crippen LogP contribution in [0.4, 0.5) is 9.59 Å². The zero-order valence-electron chi connectivity index (χ0n) is 25.4. The Balaban J connectivity index is 0.000000420. The van der Waals surface area contributed by atoms with Crippen molar-refractivity contribution in [3.63, 3.8) is 0 Å². The van der Waals surface area contributed by atoms with Gasteiger partial charge in [-0.25, -0.2) is 9.59 Å². The van der Waals surface area contributed by atoms with Gasteiger partial charge in [0, 0.05) is 12.1 Å². The minimum atomic E-state index is -0.526. The number of rotatable bonds is 10. The third-order valence-electron chi connectivity index (χ3n) is 4.51. The van der Waals surface area contributed by atoms with Crippen molar-refractivity contribution in [1.82, 2.24) is 10.6 Å². The Kier molecular flexibility index (Phi) is 16.2. The highest BCUT2D eigenvalue weighted by Gasteiger charge is 2.15. The summed E-state index contributed by atoms with van der Waals surface area (Å²) in [6, 6.07) is 14.8. The molecule has 0 aliphatic rings. The molecular weight excluding hydrogens is 540 g/mol. The van der Waals surface area contributed by atoms with Crippen molar-refractivity contribution < 1.29 is 38.7 Å². The lowest BCUT2D eigenvalue weighted by Crippen LogP contribution is -2.32. The number of amides is 2. The van der Waals surface area contributed by atoms with Gasteiger partial charge in [0.05, 0.1) is 25.3 Å². The Morgan fingerprint density at radius 2 is 1.31 bits per heavy atom. The zero-order valence-corrected chi connectivity index (χ0v) is 25.4. The Labute approximate surface area is 249 Å². The number of hydrogen-bond donors (Lipinski definition) is 4. The summed E-state index contributed by atoms with van der Waals surface area (Å²) in [6.07, 6.45) is 2.72. The largest absolute Gasteiger partial charge is 0.491 e. The quantitative estimate of drug-likeness (QED) is 0.299. The van der Waals surface area contributed by atoms with E-state index in [-0.39, 0.29) is 33.0 Å². The summed E-state index contributed by atoms with van der Waals surface area (Å²) in [5, 5.41) is 22.7. The van der Waals surface area contributed by atoms with Gasteiger partial charge in [0.15, 0.2) is 0 Å². The third kappa shape index (κ3) is 17.5. The van der Waals surface area contributed by atoms with Crippen molar-refractivity contribution in [3.05, 3.63) is 65.7 Å². The molecule has 42 heavy (non-hydrogen) atoms. The van der Waals surface area contributed by atoms with Crippen LogP contribution >= 0.6 is 0 Å². The number of carbonyl (C=O) groups excluding carboxylic acids is 2. The summed E-state index contributed by atoms with van der Waals surface area (Å²) in [5.41, 5.74) is 0.565. The maximum absolute atomic E-state index is 11.5. The van der Waals surface area contributed by atoms with Crippen LogP contribution in [0.25, 0.3) is 6.08 Å². The number of hydrogen-bond acceptors (Lipinski definition) is 8. The maximum Gasteiger partial charge on any atom is 0.408 e. The van der Waals surface area contributed by atoms with Gasteiger partial charge >= 0.3 is 12.2 Å². The molecule has 2 aromatic rings. The first-order chi connectivity index (χ1) is 19.8. The van der Waals surface area contributed by atoms with E-state index in [1.807, 2.05) is 75.4 Å². The van der Waals surface area contributed by atoms with Gasteiger partial charge in [0.1, 0.15) is 35.9 Å². The molecule has 0 aliphatic heterocycles. The predicted molar refractivity (Wildman–Crippen MR) is 162 cm³/mol. The molecule has 4 N–H and O–H groups in total. The lowest BCUT2D eigenvalue weighted by molar-refractivity contribution is 0.0523. The predicted octanol–water partition coefficient (Wildman–Crippen LogP) is 4.53. The molecule has 0 fully saturated rings. The van der Waals surface area contributed by atoms with Crippen LogP contribution < -0.4 is 20.1 Å². The first kappa shape index (κ1) is 35.8. The summed E-state index contributed by atoms with van der Waals surface area (Å²) in [6.45, 7) is 11.8. The van der Waals surface area contributed by atoms with E-state index in [4.69, 9.17) is 29.2 Å². The fourth-order valence-electron chi connectivity index (χ4n) is 2.97. The van der Waals surface area contributed by atoms with Gasteiger partial charge in [-0.15, -0.1) is 0 Å². The first-order valence-electron chi connectivity index (χ1n) is 13.6. The SMILES string of the molecule is CC(C)(C)OC(=O)NC/C=C\c1ccccc1OCCO.CC(C)(C)OC(=O)NCC#Cc1ccccc1OCCO. The molecule has 0 bridgehead atoms. The second-order valence-corrected chi connectivity index (χ2v) is 10.6. The molecule has 10 heteroatoms. The molecule has 0 radical (unpaired) electrons. The molecule has 230 valence electrons. The van der Waals surface area contributed by atoms with E-state index in [0.717, 1.165) is 5.56 Å². The summed E-state index contributed by atoms with van der Waals surface area (Å²) < 4.78 is 21.0. The molecule has 0 saturated carbocycles. The summed E-state index contributed by atoms with van der Waals surface area (Å²) >= 11 is 0. The number of carbonyl (C=O) groups is 2. The van der Waals surface area contributed by atoms with Gasteiger partial charge < -0.3 is 39.8 Å². The summed E-state index contributed by atoms with van der Waals surface area (Å²) in [5.74, 6) is 7.05. The molecule has 0 heterocycles. The molecule has 0 atom stereocenters. The summed E-state index contributed by atoms with van der Waals surface area (Å²) in [4.78, 5) is 22.9. The van der Waals surface area contributed by atoms with E-state index >= 15 is 0 Å². The van der Waals surface area contributed by atoms with Gasteiger partial charge in [-0.1, -0.05) is 54.3 Å². The smallest absolute Gasteiger partial charge is 0.408 e. The standard InChI is InChI=1S/C16H23NO4.C16H21NO4/c2*1-16(2,3)21-15(19)17-10-6-8-13-7-4-5-9-14(13)20-12-11-18/h4-9,18H,10-12H2,1-3H3,(H,17,19);4-5,7,9,18H,10-12H2,1-3H3,(H,17,19)/b8-6-;. The fourth-order valence-corrected chi connectivity index (χ4v) is 2.97. The number of ether oxygens (including phenoxy) is 4. The Morgan fingerprint density at radius 1 is 0.786 bits per heavy atom. The van der Waals surface area contributed by atoms with Crippen molar-refractivity contribution >= 4 is 18.3 Å². The monoisotopic (exact) mass is 584 g/mol. The van der Waals surface area contributed by atoms with E-state index in [2.05, 4.69) is 22.5 Å². The highest BCUT2D eigenvalue weighted by molar-refractivity contribution is 5.68. The number of aliphatic hydroxyl groups is 2. The van der Waals surface area contributed by atoms with Gasteiger partial charge in [0.25, 0.3) is 0 Å². The average molecular weight is 585 g/mol. The van der Waals surface area contributed by atoms with Crippen molar-refractivity contribution in [1.29, 1.82) is 0 Å². The number of benzene rings is 2.